The van der Waals surface area contributed by atoms with Gasteiger partial charge in [-0.3, -0.25) is 14.8 Å². The highest BCUT2D eigenvalue weighted by Crippen LogP contribution is 2.39. The summed E-state index contributed by atoms with van der Waals surface area (Å²) in [5.74, 6) is -0.505. The van der Waals surface area contributed by atoms with E-state index in [2.05, 4.69) is 33.3 Å². The van der Waals surface area contributed by atoms with E-state index in [1.807, 2.05) is 6.07 Å². The third kappa shape index (κ3) is 4.83. The van der Waals surface area contributed by atoms with Crippen LogP contribution in [0.25, 0.3) is 11.3 Å². The molecule has 3 N–H and O–H groups in total. The van der Waals surface area contributed by atoms with Crippen LogP contribution in [-0.2, 0) is 17.8 Å². The number of aliphatic hydroxyl groups excluding tert-OH is 1. The second-order valence-corrected chi connectivity index (χ2v) is 9.79. The second kappa shape index (κ2) is 10.3. The predicted molar refractivity (Wildman–Crippen MR) is 135 cm³/mol. The predicted octanol–water partition coefficient (Wildman–Crippen LogP) is 4.50. The van der Waals surface area contributed by atoms with Crippen molar-refractivity contribution in [3.63, 3.8) is 0 Å². The lowest BCUT2D eigenvalue weighted by molar-refractivity contribution is -0.145. The maximum Gasteiger partial charge on any atom is 0.309 e. The number of hydrogen-bond donors (Lipinski definition) is 3. The Hall–Kier alpha value is -3.36. The van der Waals surface area contributed by atoms with Crippen LogP contribution in [0.5, 0.6) is 11.5 Å². The van der Waals surface area contributed by atoms with Gasteiger partial charge in [-0.05, 0) is 74.0 Å². The SMILES string of the molecule is COc1c[nH]nc1-c1ccc([C@@H]2CCc3ccc([C@H](O)[C@H](C)C(=O)O)cc3O2)cc1CN1CCCC1. The molecule has 0 radical (unpaired) electrons. The summed E-state index contributed by atoms with van der Waals surface area (Å²) in [6.45, 7) is 4.53. The van der Waals surface area contributed by atoms with Gasteiger partial charge in [0, 0.05) is 12.1 Å². The van der Waals surface area contributed by atoms with Crippen LogP contribution in [0.1, 0.15) is 60.6 Å². The van der Waals surface area contributed by atoms with Crippen molar-refractivity contribution < 1.29 is 24.5 Å². The van der Waals surface area contributed by atoms with Gasteiger partial charge in [-0.25, -0.2) is 0 Å². The minimum atomic E-state index is -1.09. The van der Waals surface area contributed by atoms with Gasteiger partial charge in [-0.1, -0.05) is 30.3 Å². The molecular weight excluding hydrogens is 458 g/mol. The molecular formula is C28H33N3O5. The van der Waals surface area contributed by atoms with E-state index in [0.717, 1.165) is 60.6 Å². The Morgan fingerprint density at radius 3 is 2.81 bits per heavy atom. The number of carboxylic acids is 1. The van der Waals surface area contributed by atoms with Crippen molar-refractivity contribution in [2.45, 2.75) is 51.4 Å². The van der Waals surface area contributed by atoms with Crippen molar-refractivity contribution >= 4 is 5.97 Å². The Bertz CT molecular complexity index is 1230. The van der Waals surface area contributed by atoms with Gasteiger partial charge in [0.05, 0.1) is 25.3 Å². The summed E-state index contributed by atoms with van der Waals surface area (Å²) in [6, 6.07) is 11.9. The molecule has 0 spiro atoms. The number of aliphatic carboxylic acids is 1. The number of nitrogens with zero attached hydrogens (tertiary/aromatic N) is 2. The summed E-state index contributed by atoms with van der Waals surface area (Å²) in [5.41, 5.74) is 5.76. The monoisotopic (exact) mass is 491 g/mol. The molecule has 1 aromatic heterocycles. The lowest BCUT2D eigenvalue weighted by atomic mass is 9.91. The third-order valence-electron chi connectivity index (χ3n) is 7.42. The van der Waals surface area contributed by atoms with E-state index < -0.39 is 18.0 Å². The number of hydrogen-bond acceptors (Lipinski definition) is 6. The fourth-order valence-electron chi connectivity index (χ4n) is 5.21. The van der Waals surface area contributed by atoms with E-state index in [1.54, 1.807) is 25.4 Å². The van der Waals surface area contributed by atoms with Gasteiger partial charge in [-0.2, -0.15) is 5.10 Å². The molecule has 1 saturated heterocycles. The first kappa shape index (κ1) is 24.3. The number of likely N-dealkylation sites (tertiary alicyclic amines) is 1. The molecule has 2 aromatic carbocycles. The van der Waals surface area contributed by atoms with E-state index in [1.165, 1.54) is 25.3 Å². The highest BCUT2D eigenvalue weighted by atomic mass is 16.5. The fraction of sp³-hybridized carbons (Fsp3) is 0.429. The summed E-state index contributed by atoms with van der Waals surface area (Å²) in [6.07, 6.45) is 4.67. The van der Waals surface area contributed by atoms with Crippen LogP contribution in [-0.4, -0.2) is 51.5 Å². The molecule has 0 bridgehead atoms. The average Bonchev–Trinajstić information content (AvgIpc) is 3.59. The van der Waals surface area contributed by atoms with Crippen molar-refractivity contribution in [1.82, 2.24) is 15.1 Å². The molecule has 0 saturated carbocycles. The van der Waals surface area contributed by atoms with Gasteiger partial charge < -0.3 is 19.7 Å². The molecule has 8 nitrogen and oxygen atoms in total. The fourth-order valence-corrected chi connectivity index (χ4v) is 5.21. The molecule has 3 atom stereocenters. The zero-order valence-corrected chi connectivity index (χ0v) is 20.7. The van der Waals surface area contributed by atoms with Crippen molar-refractivity contribution in [2.24, 2.45) is 5.92 Å². The molecule has 1 fully saturated rings. The first-order chi connectivity index (χ1) is 17.4. The van der Waals surface area contributed by atoms with E-state index in [0.29, 0.717) is 11.3 Å². The normalized spacial score (nSPS) is 19.4. The first-order valence-electron chi connectivity index (χ1n) is 12.6. The lowest BCUT2D eigenvalue weighted by Crippen LogP contribution is -2.21. The van der Waals surface area contributed by atoms with E-state index in [4.69, 9.17) is 9.47 Å². The van der Waals surface area contributed by atoms with Crippen LogP contribution in [0, 0.1) is 5.92 Å². The molecule has 5 rings (SSSR count). The Labute approximate surface area is 210 Å². The summed E-state index contributed by atoms with van der Waals surface area (Å²) in [5, 5.41) is 27.2. The molecule has 3 heterocycles. The Morgan fingerprint density at radius 2 is 2.06 bits per heavy atom. The molecule has 8 heteroatoms. The summed E-state index contributed by atoms with van der Waals surface area (Å²) in [4.78, 5) is 13.8. The Balaban J connectivity index is 1.44. The van der Waals surface area contributed by atoms with Crippen molar-refractivity contribution in [2.75, 3.05) is 20.2 Å². The summed E-state index contributed by atoms with van der Waals surface area (Å²) < 4.78 is 12.0. The number of nitrogens with one attached hydrogen (secondary N) is 1. The topological polar surface area (TPSA) is 108 Å². The lowest BCUT2D eigenvalue weighted by Gasteiger charge is -2.28. The standard InChI is InChI=1S/C28H33N3O5/c1-17(28(33)34)27(32)20-6-5-18-8-10-23(36-24(18)14-20)19-7-9-22(26-25(35-2)15-29-30-26)21(13-19)16-31-11-3-4-12-31/h5-7,9,13-15,17,23,27,32H,3-4,8,10-12,16H2,1-2H3,(H,29,30)(H,33,34)/t17-,23-,27+/m0/s1. The molecule has 36 heavy (non-hydrogen) atoms. The smallest absolute Gasteiger partial charge is 0.309 e. The number of benzene rings is 2. The van der Waals surface area contributed by atoms with Gasteiger partial charge in [0.2, 0.25) is 0 Å². The molecule has 0 aliphatic carbocycles. The number of aromatic nitrogens is 2. The average molecular weight is 492 g/mol. The van der Waals surface area contributed by atoms with Gasteiger partial charge in [-0.15, -0.1) is 0 Å². The highest BCUT2D eigenvalue weighted by Gasteiger charge is 2.27. The minimum Gasteiger partial charge on any atom is -0.493 e. The minimum absolute atomic E-state index is 0.130. The van der Waals surface area contributed by atoms with E-state index in [9.17, 15) is 15.0 Å². The van der Waals surface area contributed by atoms with Crippen LogP contribution in [0.4, 0.5) is 0 Å². The number of aromatic amines is 1. The highest BCUT2D eigenvalue weighted by molar-refractivity contribution is 5.71. The second-order valence-electron chi connectivity index (χ2n) is 9.79. The van der Waals surface area contributed by atoms with E-state index >= 15 is 0 Å². The molecule has 2 aliphatic heterocycles. The van der Waals surface area contributed by atoms with Crippen molar-refractivity contribution in [1.29, 1.82) is 0 Å². The molecule has 0 amide bonds. The Morgan fingerprint density at radius 1 is 1.25 bits per heavy atom. The van der Waals surface area contributed by atoms with Gasteiger partial charge in [0.1, 0.15) is 17.5 Å². The largest absolute Gasteiger partial charge is 0.493 e. The van der Waals surface area contributed by atoms with E-state index in [-0.39, 0.29) is 6.10 Å². The van der Waals surface area contributed by atoms with Gasteiger partial charge in [0.25, 0.3) is 0 Å². The number of carboxylic acid groups (broad SMARTS) is 1. The molecule has 2 aliphatic rings. The number of H-pyrrole nitrogens is 1. The number of rotatable bonds is 8. The third-order valence-corrected chi connectivity index (χ3v) is 7.42. The van der Waals surface area contributed by atoms with Crippen LogP contribution >= 0.6 is 0 Å². The molecule has 3 aromatic rings. The number of carbonyl (C=O) groups is 1. The first-order valence-corrected chi connectivity index (χ1v) is 12.6. The zero-order valence-electron chi connectivity index (χ0n) is 20.7. The molecule has 190 valence electrons. The summed E-state index contributed by atoms with van der Waals surface area (Å²) >= 11 is 0. The van der Waals surface area contributed by atoms with Crippen LogP contribution in [0.15, 0.2) is 42.6 Å². The van der Waals surface area contributed by atoms with Crippen molar-refractivity contribution in [3.05, 3.63) is 64.8 Å². The van der Waals surface area contributed by atoms with Crippen LogP contribution < -0.4 is 9.47 Å². The van der Waals surface area contributed by atoms with Gasteiger partial charge >= 0.3 is 5.97 Å². The number of fused-ring (bicyclic) bond motifs is 1. The zero-order chi connectivity index (χ0) is 25.2. The number of methoxy groups -OCH3 is 1. The van der Waals surface area contributed by atoms with Crippen molar-refractivity contribution in [3.8, 4) is 22.8 Å². The maximum atomic E-state index is 11.3. The van der Waals surface area contributed by atoms with Gasteiger partial charge in [0.15, 0.2) is 5.75 Å². The summed E-state index contributed by atoms with van der Waals surface area (Å²) in [7, 11) is 1.65. The number of aliphatic hydroxyl groups is 1. The number of aryl methyl sites for hydroxylation is 1. The quantitative estimate of drug-likeness (QED) is 0.426. The van der Waals surface area contributed by atoms with Crippen LogP contribution in [0.2, 0.25) is 0 Å². The Kier molecular flexibility index (Phi) is 6.98. The van der Waals surface area contributed by atoms with Crippen LogP contribution in [0.3, 0.4) is 0 Å². The maximum absolute atomic E-state index is 11.3. The molecule has 0 unspecified atom stereocenters. The number of ether oxygens (including phenoxy) is 2.